The molecule has 0 amide bonds. The topological polar surface area (TPSA) is 0 Å². The molecule has 0 spiro atoms. The Bertz CT molecular complexity index is 977. The summed E-state index contributed by atoms with van der Waals surface area (Å²) >= 11 is 0. The first-order valence-corrected chi connectivity index (χ1v) is 7.47. The summed E-state index contributed by atoms with van der Waals surface area (Å²) in [5, 5.41) is 8.22. The lowest BCUT2D eigenvalue weighted by Crippen LogP contribution is -1.88. The summed E-state index contributed by atoms with van der Waals surface area (Å²) in [7, 11) is 0. The summed E-state index contributed by atoms with van der Waals surface area (Å²) in [4.78, 5) is 0. The van der Waals surface area contributed by atoms with Gasteiger partial charge in [-0.3, -0.25) is 0 Å². The Morgan fingerprint density at radius 1 is 0.524 bits per heavy atom. The summed E-state index contributed by atoms with van der Waals surface area (Å²) in [6.45, 7) is 6.58. The van der Waals surface area contributed by atoms with Crippen LogP contribution in [0.2, 0.25) is 0 Å². The van der Waals surface area contributed by atoms with Crippen molar-refractivity contribution in [2.24, 2.45) is 0 Å². The Labute approximate surface area is 125 Å². The molecule has 0 unspecified atom stereocenters. The van der Waals surface area contributed by atoms with Crippen molar-refractivity contribution in [3.63, 3.8) is 0 Å². The summed E-state index contributed by atoms with van der Waals surface area (Å²) in [6.07, 6.45) is 0. The molecule has 0 aliphatic heterocycles. The van der Waals surface area contributed by atoms with Crippen molar-refractivity contribution in [1.82, 2.24) is 0 Å². The molecule has 0 bridgehead atoms. The van der Waals surface area contributed by atoms with Crippen LogP contribution in [0, 0.1) is 20.8 Å². The van der Waals surface area contributed by atoms with E-state index >= 15 is 0 Å². The number of hydrogen-bond donors (Lipinski definition) is 0. The predicted molar refractivity (Wildman–Crippen MR) is 93.2 cm³/mol. The van der Waals surface area contributed by atoms with Crippen molar-refractivity contribution in [1.29, 1.82) is 0 Å². The maximum Gasteiger partial charge on any atom is -0.00694 e. The van der Waals surface area contributed by atoms with E-state index in [1.807, 2.05) is 0 Å². The third-order valence-electron chi connectivity index (χ3n) is 4.43. The zero-order valence-corrected chi connectivity index (χ0v) is 12.7. The minimum atomic E-state index is 1.32. The lowest BCUT2D eigenvalue weighted by molar-refractivity contribution is 1.44. The fraction of sp³-hybridized carbons (Fsp3) is 0.143. The van der Waals surface area contributed by atoms with Gasteiger partial charge in [-0.15, -0.1) is 0 Å². The van der Waals surface area contributed by atoms with Crippen LogP contribution in [0.25, 0.3) is 32.3 Å². The van der Waals surface area contributed by atoms with Crippen LogP contribution in [0.5, 0.6) is 0 Å². The number of rotatable bonds is 0. The molecule has 102 valence electrons. The molecule has 0 aliphatic rings. The maximum absolute atomic E-state index is 2.33. The minimum Gasteiger partial charge on any atom is -0.0616 e. The van der Waals surface area contributed by atoms with E-state index in [0.717, 1.165) is 0 Å². The minimum absolute atomic E-state index is 1.32. The largest absolute Gasteiger partial charge is 0.0616 e. The first-order chi connectivity index (χ1) is 10.1. The highest BCUT2D eigenvalue weighted by Gasteiger charge is 2.10. The Morgan fingerprint density at radius 2 is 1.10 bits per heavy atom. The van der Waals surface area contributed by atoms with Crippen LogP contribution in [0.1, 0.15) is 16.7 Å². The van der Waals surface area contributed by atoms with E-state index in [-0.39, 0.29) is 0 Å². The zero-order valence-electron chi connectivity index (χ0n) is 12.7. The summed E-state index contributed by atoms with van der Waals surface area (Å²) in [6, 6.07) is 20.2. The van der Waals surface area contributed by atoms with Gasteiger partial charge in [0, 0.05) is 0 Å². The average molecular weight is 270 g/mol. The van der Waals surface area contributed by atoms with Crippen LogP contribution in [-0.2, 0) is 0 Å². The van der Waals surface area contributed by atoms with Gasteiger partial charge in [-0.05, 0) is 58.7 Å². The summed E-state index contributed by atoms with van der Waals surface area (Å²) in [5.74, 6) is 0. The van der Waals surface area contributed by atoms with Crippen LogP contribution in [0.3, 0.4) is 0 Å². The molecule has 0 N–H and O–H groups in total. The number of aryl methyl sites for hydroxylation is 3. The second-order valence-electron chi connectivity index (χ2n) is 6.10. The third-order valence-corrected chi connectivity index (χ3v) is 4.43. The Kier molecular flexibility index (Phi) is 2.56. The summed E-state index contributed by atoms with van der Waals surface area (Å²) in [5.41, 5.74) is 4.02. The molecule has 0 aliphatic carbocycles. The van der Waals surface area contributed by atoms with Crippen molar-refractivity contribution in [2.75, 3.05) is 0 Å². The van der Waals surface area contributed by atoms with Crippen LogP contribution >= 0.6 is 0 Å². The van der Waals surface area contributed by atoms with Crippen LogP contribution in [0.4, 0.5) is 0 Å². The quantitative estimate of drug-likeness (QED) is 0.340. The molecule has 0 aromatic heterocycles. The second kappa shape index (κ2) is 4.33. The average Bonchev–Trinajstić information content (AvgIpc) is 2.46. The van der Waals surface area contributed by atoms with E-state index in [2.05, 4.69) is 75.4 Å². The van der Waals surface area contributed by atoms with Gasteiger partial charge in [-0.1, -0.05) is 65.7 Å². The highest BCUT2D eigenvalue weighted by molar-refractivity contribution is 6.26. The molecule has 4 rings (SSSR count). The molecule has 4 aromatic carbocycles. The van der Waals surface area contributed by atoms with Crippen LogP contribution < -0.4 is 0 Å². The van der Waals surface area contributed by atoms with Crippen molar-refractivity contribution >= 4 is 32.3 Å². The Hall–Kier alpha value is -2.34. The van der Waals surface area contributed by atoms with Gasteiger partial charge in [0.25, 0.3) is 0 Å². The molecule has 0 heteroatoms. The first-order valence-electron chi connectivity index (χ1n) is 7.47. The monoisotopic (exact) mass is 270 g/mol. The molecule has 0 radical (unpaired) electrons. The first kappa shape index (κ1) is 12.4. The molecule has 21 heavy (non-hydrogen) atoms. The highest BCUT2D eigenvalue weighted by Crippen LogP contribution is 2.37. The molecule has 0 nitrogen and oxygen atoms in total. The fourth-order valence-corrected chi connectivity index (χ4v) is 3.59. The lowest BCUT2D eigenvalue weighted by Gasteiger charge is -2.13. The van der Waals surface area contributed by atoms with Gasteiger partial charge in [-0.2, -0.15) is 0 Å². The number of hydrogen-bond acceptors (Lipinski definition) is 0. The van der Waals surface area contributed by atoms with E-state index < -0.39 is 0 Å². The number of benzene rings is 4. The smallest absolute Gasteiger partial charge is 0.00694 e. The lowest BCUT2D eigenvalue weighted by atomic mass is 9.90. The van der Waals surface area contributed by atoms with E-state index in [1.165, 1.54) is 49.0 Å². The fourth-order valence-electron chi connectivity index (χ4n) is 3.59. The van der Waals surface area contributed by atoms with Gasteiger partial charge in [-0.25, -0.2) is 0 Å². The molecule has 0 atom stereocenters. The molecule has 0 saturated carbocycles. The predicted octanol–water partition coefficient (Wildman–Crippen LogP) is 6.07. The van der Waals surface area contributed by atoms with Crippen molar-refractivity contribution in [3.05, 3.63) is 71.3 Å². The van der Waals surface area contributed by atoms with Crippen LogP contribution in [0.15, 0.2) is 54.6 Å². The van der Waals surface area contributed by atoms with Gasteiger partial charge < -0.3 is 0 Å². The van der Waals surface area contributed by atoms with E-state index in [9.17, 15) is 0 Å². The Balaban J connectivity index is 2.44. The Morgan fingerprint density at radius 3 is 1.81 bits per heavy atom. The summed E-state index contributed by atoms with van der Waals surface area (Å²) < 4.78 is 0. The highest BCUT2D eigenvalue weighted by atomic mass is 14.1. The van der Waals surface area contributed by atoms with Crippen molar-refractivity contribution in [2.45, 2.75) is 20.8 Å². The maximum atomic E-state index is 2.33. The van der Waals surface area contributed by atoms with Crippen LogP contribution in [-0.4, -0.2) is 0 Å². The van der Waals surface area contributed by atoms with Gasteiger partial charge in [0.2, 0.25) is 0 Å². The van der Waals surface area contributed by atoms with Gasteiger partial charge >= 0.3 is 0 Å². The van der Waals surface area contributed by atoms with E-state index in [4.69, 9.17) is 0 Å². The van der Waals surface area contributed by atoms with E-state index in [1.54, 1.807) is 0 Å². The van der Waals surface area contributed by atoms with Crippen molar-refractivity contribution < 1.29 is 0 Å². The van der Waals surface area contributed by atoms with Gasteiger partial charge in [0.15, 0.2) is 0 Å². The van der Waals surface area contributed by atoms with E-state index in [0.29, 0.717) is 0 Å². The third kappa shape index (κ3) is 1.76. The normalized spacial score (nSPS) is 11.6. The van der Waals surface area contributed by atoms with Gasteiger partial charge in [0.1, 0.15) is 0 Å². The SMILES string of the molecule is Cc1ccc2c3ccccc3c3cc(C)cc(C)c3c2c1. The second-order valence-corrected chi connectivity index (χ2v) is 6.10. The number of fused-ring (bicyclic) bond motifs is 6. The molecule has 0 fully saturated rings. The zero-order chi connectivity index (χ0) is 14.6. The van der Waals surface area contributed by atoms with Gasteiger partial charge in [0.05, 0.1) is 0 Å². The molecule has 0 heterocycles. The molecule has 4 aromatic rings. The molecule has 0 saturated heterocycles. The molecular formula is C21H18. The van der Waals surface area contributed by atoms with Crippen molar-refractivity contribution in [3.8, 4) is 0 Å². The standard InChI is InChI=1S/C21H18/c1-13-8-9-18-16-6-4-5-7-17(16)20-12-14(2)10-15(3)21(20)19(18)11-13/h4-12H,1-3H3. The molecular weight excluding hydrogens is 252 g/mol.